The Labute approximate surface area is 156 Å². The van der Waals surface area contributed by atoms with Crippen LogP contribution in [0.25, 0.3) is 10.9 Å². The fourth-order valence-electron chi connectivity index (χ4n) is 3.17. The second-order valence-electron chi connectivity index (χ2n) is 6.92. The Hall–Kier alpha value is -3.01. The summed E-state index contributed by atoms with van der Waals surface area (Å²) in [5.74, 6) is 4.88. The molecule has 0 saturated carbocycles. The summed E-state index contributed by atoms with van der Waals surface area (Å²) < 4.78 is 1.54. The van der Waals surface area contributed by atoms with Gasteiger partial charge in [0.25, 0.3) is 5.56 Å². The van der Waals surface area contributed by atoms with Crippen molar-refractivity contribution < 1.29 is 10.2 Å². The zero-order valence-corrected chi connectivity index (χ0v) is 14.9. The molecule has 0 unspecified atom stereocenters. The maximum Gasteiger partial charge on any atom is 0.261 e. The highest BCUT2D eigenvalue weighted by Crippen LogP contribution is 2.21. The molecule has 0 spiro atoms. The van der Waals surface area contributed by atoms with Crippen molar-refractivity contribution in [3.63, 3.8) is 0 Å². The summed E-state index contributed by atoms with van der Waals surface area (Å²) in [6.07, 6.45) is 2.37. The Bertz CT molecular complexity index is 1140. The molecule has 0 saturated heterocycles. The number of aryl methyl sites for hydroxylation is 2. The number of nitrogens with zero attached hydrogens (tertiary/aromatic N) is 3. The Balaban J connectivity index is 1.74. The van der Waals surface area contributed by atoms with Gasteiger partial charge in [-0.2, -0.15) is 0 Å². The number of rotatable bonds is 0. The molecule has 3 aromatic rings. The van der Waals surface area contributed by atoms with E-state index in [0.717, 1.165) is 11.1 Å². The van der Waals surface area contributed by atoms with Crippen molar-refractivity contribution in [3.8, 4) is 11.8 Å². The third kappa shape index (κ3) is 3.61. The van der Waals surface area contributed by atoms with Gasteiger partial charge in [-0.15, -0.1) is 0 Å². The molecular formula is C21H19N3O3. The van der Waals surface area contributed by atoms with Crippen molar-refractivity contribution in [1.29, 1.82) is 0 Å². The molecule has 0 aliphatic carbocycles. The number of aliphatic hydroxyl groups is 2. The summed E-state index contributed by atoms with van der Waals surface area (Å²) in [7, 11) is 0. The fraction of sp³-hybridized carbons (Fsp3) is 0.286. The molecule has 6 nitrogen and oxygen atoms in total. The first-order chi connectivity index (χ1) is 12.9. The van der Waals surface area contributed by atoms with Crippen LogP contribution in [0.1, 0.15) is 35.5 Å². The largest absolute Gasteiger partial charge is 0.366 e. The first-order valence-electron chi connectivity index (χ1n) is 8.84. The van der Waals surface area contributed by atoms with E-state index in [-0.39, 0.29) is 24.9 Å². The number of pyridine rings is 1. The molecule has 6 heteroatoms. The standard InChI is InChI=1S/C21H19N3O3/c1-14-2-5-16(22-13-14)6-3-15-4-7-17-18(12-15)23-19-8-9-21(26,27)10-11-24(19)20(17)25/h2,4-5,7,12-13,26-27H,8-11H2,1H3. The normalized spacial score (nSPS) is 15.5. The lowest BCUT2D eigenvalue weighted by molar-refractivity contribution is -0.169. The number of hydrogen-bond acceptors (Lipinski definition) is 5. The van der Waals surface area contributed by atoms with E-state index in [1.807, 2.05) is 19.1 Å². The Kier molecular flexibility index (Phi) is 4.27. The predicted molar refractivity (Wildman–Crippen MR) is 101 cm³/mol. The molecule has 27 heavy (non-hydrogen) atoms. The van der Waals surface area contributed by atoms with Crippen molar-refractivity contribution in [2.24, 2.45) is 0 Å². The lowest BCUT2D eigenvalue weighted by Gasteiger charge is -2.17. The van der Waals surface area contributed by atoms with Gasteiger partial charge in [0.1, 0.15) is 11.5 Å². The Morgan fingerprint density at radius 2 is 2.00 bits per heavy atom. The SMILES string of the molecule is Cc1ccc(C#Cc2ccc3c(=O)n4c(nc3c2)CCC(O)(O)CC4)nc1. The molecule has 0 fully saturated rings. The van der Waals surface area contributed by atoms with Gasteiger partial charge in [-0.1, -0.05) is 12.0 Å². The van der Waals surface area contributed by atoms with Crippen LogP contribution in [0.2, 0.25) is 0 Å². The van der Waals surface area contributed by atoms with Crippen LogP contribution in [0.4, 0.5) is 0 Å². The van der Waals surface area contributed by atoms with Crippen molar-refractivity contribution in [2.45, 2.75) is 38.5 Å². The van der Waals surface area contributed by atoms with E-state index in [0.29, 0.717) is 28.8 Å². The maximum absolute atomic E-state index is 12.8. The van der Waals surface area contributed by atoms with Gasteiger partial charge >= 0.3 is 0 Å². The molecule has 1 aromatic carbocycles. The van der Waals surface area contributed by atoms with Gasteiger partial charge in [0.2, 0.25) is 0 Å². The van der Waals surface area contributed by atoms with Crippen LogP contribution in [0.15, 0.2) is 41.3 Å². The summed E-state index contributed by atoms with van der Waals surface area (Å²) in [6.45, 7) is 2.21. The lowest BCUT2D eigenvalue weighted by atomic mass is 10.1. The number of hydrogen-bond donors (Lipinski definition) is 2. The first-order valence-corrected chi connectivity index (χ1v) is 8.84. The second-order valence-corrected chi connectivity index (χ2v) is 6.92. The molecule has 0 atom stereocenters. The topological polar surface area (TPSA) is 88.2 Å². The lowest BCUT2D eigenvalue weighted by Crippen LogP contribution is -2.29. The smallest absolute Gasteiger partial charge is 0.261 e. The maximum atomic E-state index is 12.8. The molecule has 136 valence electrons. The molecule has 2 N–H and O–H groups in total. The van der Waals surface area contributed by atoms with E-state index in [2.05, 4.69) is 21.8 Å². The molecular weight excluding hydrogens is 342 g/mol. The number of fused-ring (bicyclic) bond motifs is 2. The zero-order valence-electron chi connectivity index (χ0n) is 14.9. The van der Waals surface area contributed by atoms with Gasteiger partial charge in [0.05, 0.1) is 10.9 Å². The summed E-state index contributed by atoms with van der Waals surface area (Å²) in [6, 6.07) is 9.12. The Morgan fingerprint density at radius 3 is 2.78 bits per heavy atom. The minimum absolute atomic E-state index is 0.111. The zero-order chi connectivity index (χ0) is 19.0. The summed E-state index contributed by atoms with van der Waals surface area (Å²) in [4.78, 5) is 21.6. The van der Waals surface area contributed by atoms with E-state index >= 15 is 0 Å². The van der Waals surface area contributed by atoms with Crippen LogP contribution in [0, 0.1) is 18.8 Å². The number of benzene rings is 1. The molecule has 0 amide bonds. The average Bonchev–Trinajstić information content (AvgIpc) is 2.80. The van der Waals surface area contributed by atoms with Crippen LogP contribution < -0.4 is 5.56 Å². The van der Waals surface area contributed by atoms with Gasteiger partial charge in [0, 0.05) is 37.6 Å². The van der Waals surface area contributed by atoms with Crippen molar-refractivity contribution in [1.82, 2.24) is 14.5 Å². The van der Waals surface area contributed by atoms with E-state index < -0.39 is 5.79 Å². The Morgan fingerprint density at radius 1 is 1.15 bits per heavy atom. The molecule has 2 aromatic heterocycles. The molecule has 1 aliphatic heterocycles. The van der Waals surface area contributed by atoms with E-state index in [4.69, 9.17) is 0 Å². The average molecular weight is 361 g/mol. The fourth-order valence-corrected chi connectivity index (χ4v) is 3.17. The van der Waals surface area contributed by atoms with Crippen molar-refractivity contribution in [2.75, 3.05) is 0 Å². The highest BCUT2D eigenvalue weighted by atomic mass is 16.5. The van der Waals surface area contributed by atoms with Crippen molar-refractivity contribution in [3.05, 3.63) is 69.5 Å². The van der Waals surface area contributed by atoms with E-state index in [1.54, 1.807) is 24.4 Å². The van der Waals surface area contributed by atoms with E-state index in [9.17, 15) is 15.0 Å². The molecule has 0 radical (unpaired) electrons. The highest BCUT2D eigenvalue weighted by molar-refractivity contribution is 5.79. The minimum atomic E-state index is -1.76. The monoisotopic (exact) mass is 361 g/mol. The van der Waals surface area contributed by atoms with E-state index in [1.165, 1.54) is 4.57 Å². The van der Waals surface area contributed by atoms with Crippen LogP contribution in [-0.2, 0) is 13.0 Å². The van der Waals surface area contributed by atoms with Crippen LogP contribution in [0.5, 0.6) is 0 Å². The summed E-state index contributed by atoms with van der Waals surface area (Å²) in [5.41, 5.74) is 2.91. The third-order valence-corrected chi connectivity index (χ3v) is 4.77. The summed E-state index contributed by atoms with van der Waals surface area (Å²) in [5, 5.41) is 20.3. The number of aromatic nitrogens is 3. The molecule has 3 heterocycles. The van der Waals surface area contributed by atoms with Crippen LogP contribution in [0.3, 0.4) is 0 Å². The molecule has 4 rings (SSSR count). The minimum Gasteiger partial charge on any atom is -0.366 e. The first kappa shape index (κ1) is 17.4. The van der Waals surface area contributed by atoms with Gasteiger partial charge in [0.15, 0.2) is 5.79 Å². The molecule has 0 bridgehead atoms. The van der Waals surface area contributed by atoms with Crippen LogP contribution >= 0.6 is 0 Å². The quantitative estimate of drug-likeness (QED) is 0.468. The highest BCUT2D eigenvalue weighted by Gasteiger charge is 2.28. The van der Waals surface area contributed by atoms with Gasteiger partial charge < -0.3 is 10.2 Å². The molecule has 1 aliphatic rings. The van der Waals surface area contributed by atoms with Gasteiger partial charge in [-0.05, 0) is 42.7 Å². The third-order valence-electron chi connectivity index (χ3n) is 4.77. The van der Waals surface area contributed by atoms with Crippen LogP contribution in [-0.4, -0.2) is 30.5 Å². The van der Waals surface area contributed by atoms with Gasteiger partial charge in [-0.25, -0.2) is 9.97 Å². The predicted octanol–water partition coefficient (Wildman–Crippen LogP) is 1.52. The van der Waals surface area contributed by atoms with Crippen molar-refractivity contribution >= 4 is 10.9 Å². The second kappa shape index (κ2) is 6.62. The summed E-state index contributed by atoms with van der Waals surface area (Å²) >= 11 is 0. The van der Waals surface area contributed by atoms with Gasteiger partial charge in [-0.3, -0.25) is 9.36 Å².